The molecule has 6 heteroatoms. The molecule has 0 amide bonds. The van der Waals surface area contributed by atoms with Crippen molar-refractivity contribution in [2.24, 2.45) is 0 Å². The number of nitrogens with zero attached hydrogens (tertiary/aromatic N) is 3. The van der Waals surface area contributed by atoms with Crippen LogP contribution in [0.1, 0.15) is 48.5 Å². The first-order chi connectivity index (χ1) is 8.59. The predicted octanol–water partition coefficient (Wildman–Crippen LogP) is 3.40. The zero-order valence-corrected chi connectivity index (χ0v) is 13.8. The van der Waals surface area contributed by atoms with Crippen molar-refractivity contribution in [2.45, 2.75) is 64.7 Å². The Bertz CT molecular complexity index is 386. The van der Waals surface area contributed by atoms with Gasteiger partial charge in [-0.2, -0.15) is 15.0 Å². The van der Waals surface area contributed by atoms with E-state index in [-0.39, 0.29) is 11.1 Å². The molecule has 1 rings (SSSR count). The highest BCUT2D eigenvalue weighted by Crippen LogP contribution is 2.20. The highest BCUT2D eigenvalue weighted by Gasteiger charge is 2.16. The monoisotopic (exact) mass is 283 g/mol. The molecule has 0 saturated carbocycles. The van der Waals surface area contributed by atoms with E-state index in [2.05, 4.69) is 74.1 Å². The largest absolute Gasteiger partial charge is 0.349 e. The van der Waals surface area contributed by atoms with E-state index < -0.39 is 0 Å². The molecule has 1 heterocycles. The van der Waals surface area contributed by atoms with Crippen molar-refractivity contribution < 1.29 is 0 Å². The summed E-state index contributed by atoms with van der Waals surface area (Å²) in [4.78, 5) is 13.3. The summed E-state index contributed by atoms with van der Waals surface area (Å²) in [5.41, 5.74) is -0.150. The van der Waals surface area contributed by atoms with Crippen LogP contribution in [0, 0.1) is 0 Å². The Morgan fingerprint density at radius 1 is 0.842 bits per heavy atom. The molecule has 1 aromatic rings. The smallest absolute Gasteiger partial charge is 0.228 e. The van der Waals surface area contributed by atoms with E-state index in [1.165, 1.54) is 0 Å². The van der Waals surface area contributed by atoms with Gasteiger partial charge in [0.2, 0.25) is 11.9 Å². The highest BCUT2D eigenvalue weighted by atomic mass is 32.2. The lowest BCUT2D eigenvalue weighted by Crippen LogP contribution is -2.30. The van der Waals surface area contributed by atoms with E-state index in [9.17, 15) is 0 Å². The number of anilines is 2. The average molecular weight is 283 g/mol. The summed E-state index contributed by atoms with van der Waals surface area (Å²) in [5.74, 6) is 2.17. The van der Waals surface area contributed by atoms with Crippen LogP contribution in [0.4, 0.5) is 11.9 Å². The Kier molecular flexibility index (Phi) is 5.01. The van der Waals surface area contributed by atoms with Crippen molar-refractivity contribution in [3.8, 4) is 0 Å². The van der Waals surface area contributed by atoms with Crippen molar-refractivity contribution in [2.75, 3.05) is 16.4 Å². The van der Waals surface area contributed by atoms with Crippen molar-refractivity contribution in [3.63, 3.8) is 0 Å². The molecule has 108 valence electrons. The molecule has 0 atom stereocenters. The Labute approximate surface area is 120 Å². The summed E-state index contributed by atoms with van der Waals surface area (Å²) in [6.07, 6.45) is 0. The molecule has 0 unspecified atom stereocenters. The van der Waals surface area contributed by atoms with Crippen molar-refractivity contribution in [1.29, 1.82) is 0 Å². The van der Waals surface area contributed by atoms with Gasteiger partial charge in [0.1, 0.15) is 0 Å². The third-order valence-electron chi connectivity index (χ3n) is 1.86. The second-order valence-electron chi connectivity index (χ2n) is 6.45. The molecule has 2 N–H and O–H groups in total. The van der Waals surface area contributed by atoms with Gasteiger partial charge in [0.05, 0.1) is 0 Å². The number of nitrogens with one attached hydrogen (secondary N) is 2. The van der Waals surface area contributed by atoms with Gasteiger partial charge < -0.3 is 10.6 Å². The molecule has 0 bridgehead atoms. The van der Waals surface area contributed by atoms with Crippen molar-refractivity contribution in [3.05, 3.63) is 0 Å². The van der Waals surface area contributed by atoms with Gasteiger partial charge >= 0.3 is 0 Å². The number of aromatic nitrogens is 3. The molecule has 0 spiro atoms. The quantitative estimate of drug-likeness (QED) is 0.826. The third kappa shape index (κ3) is 6.61. The van der Waals surface area contributed by atoms with Gasteiger partial charge in [0, 0.05) is 11.1 Å². The Morgan fingerprint density at radius 3 is 1.58 bits per heavy atom. The summed E-state index contributed by atoms with van der Waals surface area (Å²) in [5, 5.41) is 7.33. The standard InChI is InChI=1S/C13H25N5S/c1-8-19-11-15-9(17-12(2,3)4)14-10(16-11)18-13(5,6)7/h8H2,1-7H3,(H2,14,15,16,17,18). The van der Waals surface area contributed by atoms with Crippen LogP contribution in [0.2, 0.25) is 0 Å². The summed E-state index contributed by atoms with van der Waals surface area (Å²) < 4.78 is 0. The maximum Gasteiger partial charge on any atom is 0.228 e. The Hall–Kier alpha value is -1.04. The molecule has 5 nitrogen and oxygen atoms in total. The SMILES string of the molecule is CCSc1nc(NC(C)(C)C)nc(NC(C)(C)C)n1. The average Bonchev–Trinajstić information content (AvgIpc) is 2.11. The van der Waals surface area contributed by atoms with E-state index in [4.69, 9.17) is 0 Å². The zero-order chi connectivity index (χ0) is 14.7. The molecule has 0 aromatic carbocycles. The van der Waals surface area contributed by atoms with Gasteiger partial charge in [0.25, 0.3) is 0 Å². The van der Waals surface area contributed by atoms with Gasteiger partial charge in [-0.1, -0.05) is 18.7 Å². The highest BCUT2D eigenvalue weighted by molar-refractivity contribution is 7.99. The second-order valence-corrected chi connectivity index (χ2v) is 7.68. The van der Waals surface area contributed by atoms with Crippen molar-refractivity contribution >= 4 is 23.7 Å². The van der Waals surface area contributed by atoms with Crippen LogP contribution in [0.5, 0.6) is 0 Å². The van der Waals surface area contributed by atoms with Crippen LogP contribution in [0.3, 0.4) is 0 Å². The molecular weight excluding hydrogens is 258 g/mol. The number of thioether (sulfide) groups is 1. The molecule has 19 heavy (non-hydrogen) atoms. The summed E-state index contributed by atoms with van der Waals surface area (Å²) in [6.45, 7) is 14.6. The molecule has 0 aliphatic carbocycles. The fourth-order valence-corrected chi connectivity index (χ4v) is 1.89. The molecular formula is C13H25N5S. The van der Waals surface area contributed by atoms with Crippen LogP contribution in [-0.2, 0) is 0 Å². The minimum Gasteiger partial charge on any atom is -0.349 e. The van der Waals surface area contributed by atoms with Gasteiger partial charge in [-0.05, 0) is 47.3 Å². The van der Waals surface area contributed by atoms with Crippen LogP contribution in [0.25, 0.3) is 0 Å². The molecule has 1 aromatic heterocycles. The normalized spacial score (nSPS) is 12.4. The predicted molar refractivity (Wildman–Crippen MR) is 83.0 cm³/mol. The first kappa shape index (κ1) is 16.0. The lowest BCUT2D eigenvalue weighted by atomic mass is 10.1. The summed E-state index contributed by atoms with van der Waals surface area (Å²) in [7, 11) is 0. The number of hydrogen-bond donors (Lipinski definition) is 2. The van der Waals surface area contributed by atoms with Crippen molar-refractivity contribution in [1.82, 2.24) is 15.0 Å². The van der Waals surface area contributed by atoms with Crippen LogP contribution < -0.4 is 10.6 Å². The van der Waals surface area contributed by atoms with E-state index in [1.807, 2.05) is 0 Å². The molecule has 0 saturated heterocycles. The fourth-order valence-electron chi connectivity index (χ4n) is 1.33. The van der Waals surface area contributed by atoms with Gasteiger partial charge in [0.15, 0.2) is 5.16 Å². The lowest BCUT2D eigenvalue weighted by Gasteiger charge is -2.23. The molecule has 0 aliphatic heterocycles. The lowest BCUT2D eigenvalue weighted by molar-refractivity contribution is 0.611. The maximum absolute atomic E-state index is 4.43. The van der Waals surface area contributed by atoms with Crippen LogP contribution >= 0.6 is 11.8 Å². The molecule has 0 fully saturated rings. The first-order valence-electron chi connectivity index (χ1n) is 6.54. The van der Waals surface area contributed by atoms with Gasteiger partial charge in [-0.25, -0.2) is 0 Å². The minimum absolute atomic E-state index is 0.0749. The first-order valence-corrected chi connectivity index (χ1v) is 7.53. The fraction of sp³-hybridized carbons (Fsp3) is 0.769. The van der Waals surface area contributed by atoms with Gasteiger partial charge in [-0.15, -0.1) is 0 Å². The Balaban J connectivity index is 3.03. The molecule has 0 radical (unpaired) electrons. The van der Waals surface area contributed by atoms with Crippen LogP contribution in [-0.4, -0.2) is 31.8 Å². The van der Waals surface area contributed by atoms with E-state index >= 15 is 0 Å². The Morgan fingerprint density at radius 2 is 1.26 bits per heavy atom. The topological polar surface area (TPSA) is 62.7 Å². The van der Waals surface area contributed by atoms with E-state index in [1.54, 1.807) is 11.8 Å². The van der Waals surface area contributed by atoms with Gasteiger partial charge in [-0.3, -0.25) is 0 Å². The summed E-state index contributed by atoms with van der Waals surface area (Å²) in [6, 6.07) is 0. The zero-order valence-electron chi connectivity index (χ0n) is 13.0. The maximum atomic E-state index is 4.43. The van der Waals surface area contributed by atoms with E-state index in [0.29, 0.717) is 11.9 Å². The van der Waals surface area contributed by atoms with E-state index in [0.717, 1.165) is 10.9 Å². The summed E-state index contributed by atoms with van der Waals surface area (Å²) >= 11 is 1.61. The number of rotatable bonds is 4. The number of hydrogen-bond acceptors (Lipinski definition) is 6. The second kappa shape index (κ2) is 5.94. The third-order valence-corrected chi connectivity index (χ3v) is 2.59. The van der Waals surface area contributed by atoms with Crippen LogP contribution in [0.15, 0.2) is 5.16 Å². The minimum atomic E-state index is -0.0749. The molecule has 0 aliphatic rings.